The second-order valence-electron chi connectivity index (χ2n) is 3.74. The maximum absolute atomic E-state index is 11.4. The summed E-state index contributed by atoms with van der Waals surface area (Å²) >= 11 is 1.76. The van der Waals surface area contributed by atoms with Crippen molar-refractivity contribution < 1.29 is 4.79 Å². The van der Waals surface area contributed by atoms with Gasteiger partial charge in [-0.3, -0.25) is 4.79 Å². The minimum absolute atomic E-state index is 0. The molecule has 5 heteroatoms. The molecule has 0 aliphatic rings. The number of thiophene rings is 1. The van der Waals surface area contributed by atoms with Crippen molar-refractivity contribution in [1.82, 2.24) is 10.6 Å². The van der Waals surface area contributed by atoms with E-state index in [1.807, 2.05) is 7.05 Å². The highest BCUT2D eigenvalue weighted by Gasteiger charge is 2.01. The van der Waals surface area contributed by atoms with E-state index in [-0.39, 0.29) is 18.3 Å². The molecule has 0 bridgehead atoms. The minimum atomic E-state index is 0. The molecule has 17 heavy (non-hydrogen) atoms. The van der Waals surface area contributed by atoms with E-state index in [0.29, 0.717) is 6.42 Å². The molecule has 1 heterocycles. The zero-order chi connectivity index (χ0) is 11.6. The summed E-state index contributed by atoms with van der Waals surface area (Å²) in [5.74, 6) is 0.174. The summed E-state index contributed by atoms with van der Waals surface area (Å²) in [4.78, 5) is 12.8. The molecule has 0 aliphatic carbocycles. The van der Waals surface area contributed by atoms with Gasteiger partial charge in [-0.25, -0.2) is 0 Å². The van der Waals surface area contributed by atoms with Gasteiger partial charge < -0.3 is 10.6 Å². The lowest BCUT2D eigenvalue weighted by molar-refractivity contribution is -0.121. The Kier molecular flexibility index (Phi) is 10.2. The van der Waals surface area contributed by atoms with Crippen molar-refractivity contribution in [3.63, 3.8) is 0 Å². The molecule has 0 fully saturated rings. The van der Waals surface area contributed by atoms with Gasteiger partial charge in [0.25, 0.3) is 0 Å². The van der Waals surface area contributed by atoms with E-state index in [1.54, 1.807) is 11.3 Å². The first-order valence-corrected chi connectivity index (χ1v) is 6.64. The Bertz CT molecular complexity index is 291. The molecule has 1 amide bonds. The van der Waals surface area contributed by atoms with E-state index < -0.39 is 0 Å². The zero-order valence-corrected chi connectivity index (χ0v) is 11.8. The number of halogens is 1. The molecule has 1 aromatic rings. The molecular weight excluding hydrogens is 256 g/mol. The molecule has 0 radical (unpaired) electrons. The van der Waals surface area contributed by atoms with Crippen molar-refractivity contribution in [3.8, 4) is 0 Å². The minimum Gasteiger partial charge on any atom is -0.356 e. The van der Waals surface area contributed by atoms with Crippen LogP contribution in [0.25, 0.3) is 0 Å². The van der Waals surface area contributed by atoms with Crippen molar-refractivity contribution in [2.24, 2.45) is 0 Å². The fourth-order valence-corrected chi connectivity index (χ4v) is 2.21. The van der Waals surface area contributed by atoms with E-state index >= 15 is 0 Å². The Morgan fingerprint density at radius 3 is 2.82 bits per heavy atom. The zero-order valence-electron chi connectivity index (χ0n) is 10.2. The highest BCUT2D eigenvalue weighted by molar-refractivity contribution is 7.09. The number of rotatable bonds is 8. The van der Waals surface area contributed by atoms with Gasteiger partial charge in [-0.1, -0.05) is 6.07 Å². The lowest BCUT2D eigenvalue weighted by atomic mass is 10.2. The smallest absolute Gasteiger partial charge is 0.220 e. The van der Waals surface area contributed by atoms with Crippen LogP contribution in [0.15, 0.2) is 17.5 Å². The predicted octanol–water partition coefficient (Wildman–Crippen LogP) is 2.22. The average molecular weight is 277 g/mol. The van der Waals surface area contributed by atoms with Gasteiger partial charge in [0.05, 0.1) is 0 Å². The van der Waals surface area contributed by atoms with Crippen LogP contribution >= 0.6 is 23.7 Å². The van der Waals surface area contributed by atoms with Crippen molar-refractivity contribution in [2.45, 2.75) is 25.7 Å². The Hall–Kier alpha value is -0.580. The van der Waals surface area contributed by atoms with Gasteiger partial charge in [0, 0.05) is 17.8 Å². The molecule has 0 saturated heterocycles. The van der Waals surface area contributed by atoms with Gasteiger partial charge in [0.1, 0.15) is 0 Å². The number of aryl methyl sites for hydroxylation is 1. The Morgan fingerprint density at radius 2 is 2.18 bits per heavy atom. The van der Waals surface area contributed by atoms with E-state index in [0.717, 1.165) is 32.4 Å². The van der Waals surface area contributed by atoms with Crippen LogP contribution < -0.4 is 10.6 Å². The van der Waals surface area contributed by atoms with Crippen molar-refractivity contribution in [2.75, 3.05) is 20.1 Å². The quantitative estimate of drug-likeness (QED) is 0.715. The molecule has 3 nitrogen and oxygen atoms in total. The van der Waals surface area contributed by atoms with Gasteiger partial charge >= 0.3 is 0 Å². The summed E-state index contributed by atoms with van der Waals surface area (Å²) in [6.45, 7) is 1.73. The molecule has 1 rings (SSSR count). The second kappa shape index (κ2) is 10.6. The Morgan fingerprint density at radius 1 is 1.35 bits per heavy atom. The number of nitrogens with one attached hydrogen (secondary N) is 2. The fraction of sp³-hybridized carbons (Fsp3) is 0.583. The van der Waals surface area contributed by atoms with E-state index in [1.165, 1.54) is 4.88 Å². The fourth-order valence-electron chi connectivity index (χ4n) is 1.46. The number of hydrogen-bond acceptors (Lipinski definition) is 3. The molecule has 1 aromatic heterocycles. The molecule has 0 aliphatic heterocycles. The van der Waals surface area contributed by atoms with Crippen LogP contribution in [0.4, 0.5) is 0 Å². The number of carbonyl (C=O) groups is 1. The molecule has 2 N–H and O–H groups in total. The molecule has 0 aromatic carbocycles. The topological polar surface area (TPSA) is 41.1 Å². The number of carbonyl (C=O) groups excluding carboxylic acids is 1. The third-order valence-electron chi connectivity index (χ3n) is 2.33. The lowest BCUT2D eigenvalue weighted by Crippen LogP contribution is -2.26. The van der Waals surface area contributed by atoms with E-state index in [4.69, 9.17) is 0 Å². The molecular formula is C12H21ClN2OS. The third-order valence-corrected chi connectivity index (χ3v) is 3.27. The number of amides is 1. The Labute approximate surface area is 113 Å². The van der Waals surface area contributed by atoms with Crippen LogP contribution in [0.3, 0.4) is 0 Å². The summed E-state index contributed by atoms with van der Waals surface area (Å²) in [5, 5.41) is 8.05. The third kappa shape index (κ3) is 8.18. The van der Waals surface area contributed by atoms with Crippen LogP contribution in [-0.4, -0.2) is 26.0 Å². The largest absolute Gasteiger partial charge is 0.356 e. The second-order valence-corrected chi connectivity index (χ2v) is 4.77. The number of hydrogen-bond donors (Lipinski definition) is 2. The van der Waals surface area contributed by atoms with Gasteiger partial charge in [0.2, 0.25) is 5.91 Å². The first kappa shape index (κ1) is 16.4. The van der Waals surface area contributed by atoms with Gasteiger partial charge in [-0.15, -0.1) is 23.7 Å². The van der Waals surface area contributed by atoms with Crippen molar-refractivity contribution >= 4 is 29.7 Å². The molecule has 0 spiro atoms. The normalized spacial score (nSPS) is 9.71. The standard InChI is InChI=1S/C12H20N2OS.ClH/c1-13-8-4-9-14-12(15)7-2-5-11-6-3-10-16-11;/h3,6,10,13H,2,4-5,7-9H2,1H3,(H,14,15);1H. The van der Waals surface area contributed by atoms with Crippen molar-refractivity contribution in [3.05, 3.63) is 22.4 Å². The summed E-state index contributed by atoms with van der Waals surface area (Å²) in [7, 11) is 1.92. The Balaban J connectivity index is 0.00000256. The summed E-state index contributed by atoms with van der Waals surface area (Å²) < 4.78 is 0. The summed E-state index contributed by atoms with van der Waals surface area (Å²) in [5.41, 5.74) is 0. The van der Waals surface area contributed by atoms with E-state index in [2.05, 4.69) is 28.1 Å². The van der Waals surface area contributed by atoms with Crippen LogP contribution in [0.1, 0.15) is 24.1 Å². The maximum Gasteiger partial charge on any atom is 0.220 e. The summed E-state index contributed by atoms with van der Waals surface area (Å²) in [6.07, 6.45) is 3.59. The highest BCUT2D eigenvalue weighted by atomic mass is 35.5. The van der Waals surface area contributed by atoms with Crippen LogP contribution in [0, 0.1) is 0 Å². The van der Waals surface area contributed by atoms with Crippen molar-refractivity contribution in [1.29, 1.82) is 0 Å². The lowest BCUT2D eigenvalue weighted by Gasteiger charge is -2.04. The molecule has 98 valence electrons. The molecule has 0 saturated carbocycles. The highest BCUT2D eigenvalue weighted by Crippen LogP contribution is 2.11. The SMILES string of the molecule is CNCCCNC(=O)CCCc1cccs1.Cl. The molecule has 0 atom stereocenters. The first-order valence-electron chi connectivity index (χ1n) is 5.76. The van der Waals surface area contributed by atoms with E-state index in [9.17, 15) is 4.79 Å². The average Bonchev–Trinajstić information content (AvgIpc) is 2.77. The van der Waals surface area contributed by atoms with Gasteiger partial charge in [-0.05, 0) is 44.3 Å². The van der Waals surface area contributed by atoms with Crippen LogP contribution in [0.5, 0.6) is 0 Å². The molecule has 0 unspecified atom stereocenters. The summed E-state index contributed by atoms with van der Waals surface area (Å²) in [6, 6.07) is 4.17. The first-order chi connectivity index (χ1) is 7.83. The van der Waals surface area contributed by atoms with Gasteiger partial charge in [-0.2, -0.15) is 0 Å². The van der Waals surface area contributed by atoms with Crippen LogP contribution in [0.2, 0.25) is 0 Å². The van der Waals surface area contributed by atoms with Gasteiger partial charge in [0.15, 0.2) is 0 Å². The van der Waals surface area contributed by atoms with Crippen LogP contribution in [-0.2, 0) is 11.2 Å². The predicted molar refractivity (Wildman–Crippen MR) is 76.1 cm³/mol. The monoisotopic (exact) mass is 276 g/mol. The maximum atomic E-state index is 11.4.